The van der Waals surface area contributed by atoms with E-state index in [1.807, 2.05) is 48.5 Å². The Morgan fingerprint density at radius 3 is 1.35 bits per heavy atom. The zero-order valence-electron chi connectivity index (χ0n) is 21.8. The van der Waals surface area contributed by atoms with Crippen molar-refractivity contribution in [3.05, 3.63) is 84.0 Å². The van der Waals surface area contributed by atoms with Gasteiger partial charge in [-0.15, -0.1) is 0 Å². The Hall–Kier alpha value is -3.94. The third-order valence-corrected chi connectivity index (χ3v) is 4.99. The molecule has 0 radical (unpaired) electrons. The Morgan fingerprint density at radius 1 is 0.649 bits per heavy atom. The standard InChI is InChI=1S/C29H36O8/c1-6-27(23-7-11-25(12-8-23)32-15-17-34-28(30)36-19-21(2)3)24-9-13-26(14-10-24)33-16-18-35-29(31)37-20-22(4)5/h7-14,27H,2,4,6,15-20H2,1,3,5H3. The minimum absolute atomic E-state index is 0.0913. The molecule has 8 heteroatoms. The number of rotatable bonds is 15. The van der Waals surface area contributed by atoms with Crippen molar-refractivity contribution in [1.82, 2.24) is 0 Å². The molecular weight excluding hydrogens is 476 g/mol. The van der Waals surface area contributed by atoms with Crippen LogP contribution in [0.1, 0.15) is 44.2 Å². The van der Waals surface area contributed by atoms with Crippen LogP contribution < -0.4 is 9.47 Å². The number of hydrogen-bond donors (Lipinski definition) is 0. The second-order valence-corrected chi connectivity index (χ2v) is 8.48. The summed E-state index contributed by atoms with van der Waals surface area (Å²) in [6, 6.07) is 15.7. The Kier molecular flexibility index (Phi) is 12.6. The van der Waals surface area contributed by atoms with Crippen LogP contribution in [0, 0.1) is 0 Å². The molecule has 0 heterocycles. The van der Waals surface area contributed by atoms with Gasteiger partial charge in [-0.25, -0.2) is 9.59 Å². The zero-order valence-corrected chi connectivity index (χ0v) is 21.8. The summed E-state index contributed by atoms with van der Waals surface area (Å²) in [5.41, 5.74) is 3.79. The minimum Gasteiger partial charge on any atom is -0.490 e. The number of carbonyl (C=O) groups excluding carboxylic acids is 2. The number of benzene rings is 2. The van der Waals surface area contributed by atoms with Crippen molar-refractivity contribution in [2.75, 3.05) is 39.6 Å². The van der Waals surface area contributed by atoms with Crippen LogP contribution in [-0.2, 0) is 18.9 Å². The van der Waals surface area contributed by atoms with Gasteiger partial charge in [0.05, 0.1) is 0 Å². The van der Waals surface area contributed by atoms with Crippen LogP contribution in [0.15, 0.2) is 72.8 Å². The van der Waals surface area contributed by atoms with Crippen molar-refractivity contribution >= 4 is 12.3 Å². The third-order valence-electron chi connectivity index (χ3n) is 4.99. The summed E-state index contributed by atoms with van der Waals surface area (Å²) >= 11 is 0. The lowest BCUT2D eigenvalue weighted by molar-refractivity contribution is 0.0511. The molecule has 0 spiro atoms. The van der Waals surface area contributed by atoms with E-state index in [0.717, 1.165) is 28.7 Å². The van der Waals surface area contributed by atoms with Crippen LogP contribution in [0.3, 0.4) is 0 Å². The summed E-state index contributed by atoms with van der Waals surface area (Å²) in [6.45, 7) is 13.9. The first-order chi connectivity index (χ1) is 17.8. The van der Waals surface area contributed by atoms with Gasteiger partial charge >= 0.3 is 12.3 Å². The van der Waals surface area contributed by atoms with Gasteiger partial charge in [0.1, 0.15) is 51.1 Å². The molecule has 0 aliphatic rings. The van der Waals surface area contributed by atoms with Gasteiger partial charge in [0.15, 0.2) is 0 Å². The molecule has 0 atom stereocenters. The van der Waals surface area contributed by atoms with Gasteiger partial charge in [-0.05, 0) is 66.8 Å². The fourth-order valence-corrected chi connectivity index (χ4v) is 3.27. The molecule has 0 saturated carbocycles. The van der Waals surface area contributed by atoms with Crippen LogP contribution in [-0.4, -0.2) is 52.0 Å². The lowest BCUT2D eigenvalue weighted by Crippen LogP contribution is -2.14. The highest BCUT2D eigenvalue weighted by atomic mass is 16.7. The molecule has 2 aromatic carbocycles. The topological polar surface area (TPSA) is 89.5 Å². The molecule has 0 aromatic heterocycles. The van der Waals surface area contributed by atoms with Crippen LogP contribution in [0.2, 0.25) is 0 Å². The molecule has 0 aliphatic carbocycles. The highest BCUT2D eigenvalue weighted by molar-refractivity contribution is 5.60. The van der Waals surface area contributed by atoms with Gasteiger partial charge in [-0.3, -0.25) is 0 Å². The van der Waals surface area contributed by atoms with Gasteiger partial charge in [0, 0.05) is 5.92 Å². The molecule has 0 bridgehead atoms. The summed E-state index contributed by atoms with van der Waals surface area (Å²) in [6.07, 6.45) is -0.561. The Bertz CT molecular complexity index is 930. The summed E-state index contributed by atoms with van der Waals surface area (Å²) in [5.74, 6) is 1.58. The second kappa shape index (κ2) is 15.9. The monoisotopic (exact) mass is 512 g/mol. The molecule has 0 fully saturated rings. The first-order valence-corrected chi connectivity index (χ1v) is 12.1. The van der Waals surface area contributed by atoms with E-state index in [1.165, 1.54) is 0 Å². The molecule has 0 aliphatic heterocycles. The van der Waals surface area contributed by atoms with Gasteiger partial charge in [0.2, 0.25) is 0 Å². The van der Waals surface area contributed by atoms with Crippen molar-refractivity contribution in [2.24, 2.45) is 0 Å². The maximum Gasteiger partial charge on any atom is 0.508 e. The van der Waals surface area contributed by atoms with Crippen LogP contribution in [0.5, 0.6) is 11.5 Å². The third kappa shape index (κ3) is 11.6. The van der Waals surface area contributed by atoms with Crippen molar-refractivity contribution in [1.29, 1.82) is 0 Å². The molecule has 0 amide bonds. The molecule has 200 valence electrons. The summed E-state index contributed by atoms with van der Waals surface area (Å²) in [7, 11) is 0. The van der Waals surface area contributed by atoms with Gasteiger partial charge in [-0.1, -0.05) is 44.3 Å². The number of ether oxygens (including phenoxy) is 6. The maximum absolute atomic E-state index is 11.4. The Morgan fingerprint density at radius 2 is 1.03 bits per heavy atom. The van der Waals surface area contributed by atoms with E-state index < -0.39 is 12.3 Å². The highest BCUT2D eigenvalue weighted by Crippen LogP contribution is 2.30. The van der Waals surface area contributed by atoms with Crippen molar-refractivity contribution in [2.45, 2.75) is 33.1 Å². The van der Waals surface area contributed by atoms with Gasteiger partial charge in [-0.2, -0.15) is 0 Å². The summed E-state index contributed by atoms with van der Waals surface area (Å²) < 4.78 is 30.9. The van der Waals surface area contributed by atoms with Crippen molar-refractivity contribution in [3.63, 3.8) is 0 Å². The summed E-state index contributed by atoms with van der Waals surface area (Å²) in [5, 5.41) is 0. The first-order valence-electron chi connectivity index (χ1n) is 12.1. The number of carbonyl (C=O) groups is 2. The van der Waals surface area contributed by atoms with E-state index in [4.69, 9.17) is 28.4 Å². The largest absolute Gasteiger partial charge is 0.508 e. The smallest absolute Gasteiger partial charge is 0.490 e. The molecule has 0 saturated heterocycles. The van der Waals surface area contributed by atoms with Crippen molar-refractivity contribution in [3.8, 4) is 11.5 Å². The van der Waals surface area contributed by atoms with Gasteiger partial charge in [0.25, 0.3) is 0 Å². The molecule has 0 N–H and O–H groups in total. The number of hydrogen-bond acceptors (Lipinski definition) is 8. The Balaban J connectivity index is 1.77. The van der Waals surface area contributed by atoms with E-state index in [1.54, 1.807) is 13.8 Å². The molecule has 8 nitrogen and oxygen atoms in total. The molecule has 0 unspecified atom stereocenters. The van der Waals surface area contributed by atoms with E-state index in [-0.39, 0.29) is 45.6 Å². The fourth-order valence-electron chi connectivity index (χ4n) is 3.27. The molecule has 2 aromatic rings. The normalized spacial score (nSPS) is 10.4. The predicted octanol–water partition coefficient (Wildman–Crippen LogP) is 6.44. The van der Waals surface area contributed by atoms with E-state index in [2.05, 4.69) is 20.1 Å². The maximum atomic E-state index is 11.4. The summed E-state index contributed by atoms with van der Waals surface area (Å²) in [4.78, 5) is 22.8. The SMILES string of the molecule is C=C(C)COC(=O)OCCOc1ccc(C(CC)c2ccc(OCCOC(=O)OCC(=C)C)cc2)cc1. The van der Waals surface area contributed by atoms with E-state index in [9.17, 15) is 9.59 Å². The average Bonchev–Trinajstić information content (AvgIpc) is 2.88. The van der Waals surface area contributed by atoms with E-state index >= 15 is 0 Å². The van der Waals surface area contributed by atoms with Gasteiger partial charge < -0.3 is 28.4 Å². The lowest BCUT2D eigenvalue weighted by Gasteiger charge is -2.17. The second-order valence-electron chi connectivity index (χ2n) is 8.48. The van der Waals surface area contributed by atoms with Crippen LogP contribution in [0.25, 0.3) is 0 Å². The molecular formula is C29H36O8. The molecule has 37 heavy (non-hydrogen) atoms. The predicted molar refractivity (Wildman–Crippen MR) is 140 cm³/mol. The fraction of sp³-hybridized carbons (Fsp3) is 0.379. The minimum atomic E-state index is -0.739. The Labute approximate surface area is 218 Å². The van der Waals surface area contributed by atoms with Crippen molar-refractivity contribution < 1.29 is 38.0 Å². The first kappa shape index (κ1) is 29.3. The highest BCUT2D eigenvalue weighted by Gasteiger charge is 2.13. The van der Waals surface area contributed by atoms with E-state index in [0.29, 0.717) is 11.5 Å². The average molecular weight is 513 g/mol. The lowest BCUT2D eigenvalue weighted by atomic mass is 9.89. The van der Waals surface area contributed by atoms with Crippen LogP contribution in [0.4, 0.5) is 9.59 Å². The molecule has 2 rings (SSSR count). The zero-order chi connectivity index (χ0) is 27.0. The van der Waals surface area contributed by atoms with Crippen LogP contribution >= 0.6 is 0 Å². The quantitative estimate of drug-likeness (QED) is 0.153.